The van der Waals surface area contributed by atoms with Crippen molar-refractivity contribution in [3.63, 3.8) is 0 Å². The van der Waals surface area contributed by atoms with Gasteiger partial charge in [-0.2, -0.15) is 0 Å². The number of H-pyrrole nitrogens is 1. The molecule has 0 aliphatic carbocycles. The molecule has 3 N–H and O–H groups in total. The normalized spacial score (nSPS) is 13.8. The molecule has 7 nitrogen and oxygen atoms in total. The summed E-state index contributed by atoms with van der Waals surface area (Å²) in [5, 5.41) is 6.06. The molecule has 1 amide bonds. The Morgan fingerprint density at radius 3 is 3.00 bits per heavy atom. The second-order valence-corrected chi connectivity index (χ2v) is 5.71. The molecule has 4 rings (SSSR count). The minimum atomic E-state index is -0.194. The molecule has 0 unspecified atom stereocenters. The van der Waals surface area contributed by atoms with Crippen LogP contribution in [0.3, 0.4) is 0 Å². The molecule has 0 saturated carbocycles. The summed E-state index contributed by atoms with van der Waals surface area (Å²) in [7, 11) is 0. The Labute approximate surface area is 143 Å². The van der Waals surface area contributed by atoms with E-state index in [1.54, 1.807) is 24.7 Å². The van der Waals surface area contributed by atoms with Crippen molar-refractivity contribution in [2.75, 3.05) is 6.54 Å². The van der Waals surface area contributed by atoms with Crippen LogP contribution in [0.15, 0.2) is 60.3 Å². The van der Waals surface area contributed by atoms with E-state index in [-0.39, 0.29) is 5.91 Å². The third-order valence-electron chi connectivity index (χ3n) is 4.04. The molecule has 0 aromatic carbocycles. The zero-order valence-corrected chi connectivity index (χ0v) is 13.6. The van der Waals surface area contributed by atoms with Gasteiger partial charge in [0, 0.05) is 29.9 Å². The lowest BCUT2D eigenvalue weighted by Gasteiger charge is -2.16. The summed E-state index contributed by atoms with van der Waals surface area (Å²) in [6.45, 7) is 2.55. The number of pyridine rings is 2. The Balaban J connectivity index is 1.71. The van der Waals surface area contributed by atoms with Crippen molar-refractivity contribution in [2.45, 2.75) is 6.92 Å². The number of amides is 1. The summed E-state index contributed by atoms with van der Waals surface area (Å²) in [5.74, 6) is 0.439. The molecule has 0 radical (unpaired) electrons. The van der Waals surface area contributed by atoms with Gasteiger partial charge in [0.05, 0.1) is 17.6 Å². The van der Waals surface area contributed by atoms with E-state index in [1.165, 1.54) is 0 Å². The highest BCUT2D eigenvalue weighted by Crippen LogP contribution is 2.21. The van der Waals surface area contributed by atoms with E-state index in [2.05, 4.69) is 30.6 Å². The number of carbonyl (C=O) groups is 1. The predicted octanol–water partition coefficient (Wildman–Crippen LogP) is 2.14. The number of nitrogens with zero attached hydrogens (tertiary/aromatic N) is 3. The third-order valence-corrected chi connectivity index (χ3v) is 4.04. The fourth-order valence-corrected chi connectivity index (χ4v) is 2.67. The number of fused-ring (bicyclic) bond motifs is 1. The molecule has 1 aliphatic heterocycles. The number of carbonyl (C=O) groups excluding carboxylic acids is 1. The van der Waals surface area contributed by atoms with E-state index in [0.29, 0.717) is 29.1 Å². The zero-order chi connectivity index (χ0) is 17.2. The Hall–Kier alpha value is -3.48. The third kappa shape index (κ3) is 2.87. The van der Waals surface area contributed by atoms with Gasteiger partial charge in [0.25, 0.3) is 5.91 Å². The highest BCUT2D eigenvalue weighted by atomic mass is 16.1. The van der Waals surface area contributed by atoms with Crippen molar-refractivity contribution in [3.05, 3.63) is 65.9 Å². The van der Waals surface area contributed by atoms with Crippen molar-refractivity contribution >= 4 is 17.1 Å². The molecular formula is C18H16N6O. The first-order valence-corrected chi connectivity index (χ1v) is 7.88. The average Bonchev–Trinajstić information content (AvgIpc) is 3.08. The topological polar surface area (TPSA) is 95.6 Å². The van der Waals surface area contributed by atoms with E-state index in [0.717, 1.165) is 16.8 Å². The van der Waals surface area contributed by atoms with Gasteiger partial charge in [-0.05, 0) is 43.0 Å². The molecule has 124 valence electrons. The number of nitrogens with one attached hydrogen (secondary N) is 3. The molecular weight excluding hydrogens is 316 g/mol. The SMILES string of the molecule is CC1=C(NC(=O)c2ccnc3nc(-c4cccnc4)[nH]c23)CNC=C1. The molecule has 4 heterocycles. The number of imidazole rings is 1. The van der Waals surface area contributed by atoms with Crippen molar-refractivity contribution in [1.82, 2.24) is 30.6 Å². The lowest BCUT2D eigenvalue weighted by Crippen LogP contribution is -2.31. The average molecular weight is 332 g/mol. The van der Waals surface area contributed by atoms with Crippen LogP contribution < -0.4 is 10.6 Å². The van der Waals surface area contributed by atoms with Gasteiger partial charge in [0.1, 0.15) is 5.82 Å². The standard InChI is InChI=1S/C18H16N6O/c1-11-4-7-20-10-14(11)22-18(25)13-5-8-21-17-15(13)23-16(24-17)12-3-2-6-19-9-12/h2-9,20H,10H2,1H3,(H,22,25)(H,21,23,24). The van der Waals surface area contributed by atoms with Gasteiger partial charge in [-0.15, -0.1) is 0 Å². The number of allylic oxidation sites excluding steroid dienone is 2. The van der Waals surface area contributed by atoms with Crippen LogP contribution >= 0.6 is 0 Å². The Morgan fingerprint density at radius 2 is 2.20 bits per heavy atom. The predicted molar refractivity (Wildman–Crippen MR) is 94.4 cm³/mol. The fraction of sp³-hybridized carbons (Fsp3) is 0.111. The minimum absolute atomic E-state index is 0.194. The van der Waals surface area contributed by atoms with Crippen molar-refractivity contribution < 1.29 is 4.79 Å². The first-order chi connectivity index (χ1) is 12.2. The van der Waals surface area contributed by atoms with Crippen molar-refractivity contribution in [3.8, 4) is 11.4 Å². The Bertz CT molecular complexity index is 1000. The van der Waals surface area contributed by atoms with Crippen LogP contribution in [-0.2, 0) is 0 Å². The summed E-state index contributed by atoms with van der Waals surface area (Å²) in [6.07, 6.45) is 8.80. The van der Waals surface area contributed by atoms with E-state index >= 15 is 0 Å². The number of dihydropyridines is 1. The van der Waals surface area contributed by atoms with E-state index in [1.807, 2.05) is 31.3 Å². The summed E-state index contributed by atoms with van der Waals surface area (Å²) >= 11 is 0. The molecule has 0 atom stereocenters. The number of rotatable bonds is 3. The molecule has 7 heteroatoms. The first-order valence-electron chi connectivity index (χ1n) is 7.88. The van der Waals surface area contributed by atoms with Crippen LogP contribution in [0.25, 0.3) is 22.6 Å². The molecule has 0 fully saturated rings. The van der Waals surface area contributed by atoms with E-state index < -0.39 is 0 Å². The van der Waals surface area contributed by atoms with Crippen LogP contribution in [0.5, 0.6) is 0 Å². The number of hydrogen-bond donors (Lipinski definition) is 3. The largest absolute Gasteiger partial charge is 0.385 e. The van der Waals surface area contributed by atoms with Gasteiger partial charge in [-0.25, -0.2) is 9.97 Å². The lowest BCUT2D eigenvalue weighted by molar-refractivity contribution is 0.0966. The summed E-state index contributed by atoms with van der Waals surface area (Å²) < 4.78 is 0. The Kier molecular flexibility index (Phi) is 3.74. The quantitative estimate of drug-likeness (QED) is 0.683. The number of aromatic amines is 1. The van der Waals surface area contributed by atoms with Gasteiger partial charge in [0.15, 0.2) is 5.65 Å². The first kappa shape index (κ1) is 15.1. The van der Waals surface area contributed by atoms with E-state index in [9.17, 15) is 4.79 Å². The lowest BCUT2D eigenvalue weighted by atomic mass is 10.1. The van der Waals surface area contributed by atoms with Gasteiger partial charge in [0.2, 0.25) is 0 Å². The van der Waals surface area contributed by atoms with Crippen LogP contribution in [0.2, 0.25) is 0 Å². The highest BCUT2D eigenvalue weighted by molar-refractivity contribution is 6.05. The maximum atomic E-state index is 12.7. The number of aromatic nitrogens is 4. The molecule has 0 saturated heterocycles. The smallest absolute Gasteiger partial charge is 0.257 e. The zero-order valence-electron chi connectivity index (χ0n) is 13.6. The molecule has 0 spiro atoms. The Morgan fingerprint density at radius 1 is 1.28 bits per heavy atom. The summed E-state index contributed by atoms with van der Waals surface area (Å²) in [4.78, 5) is 28.7. The maximum Gasteiger partial charge on any atom is 0.257 e. The highest BCUT2D eigenvalue weighted by Gasteiger charge is 2.17. The van der Waals surface area contributed by atoms with Crippen LogP contribution in [0, 0.1) is 0 Å². The summed E-state index contributed by atoms with van der Waals surface area (Å²) in [6, 6.07) is 5.42. The minimum Gasteiger partial charge on any atom is -0.385 e. The monoisotopic (exact) mass is 332 g/mol. The molecule has 0 bridgehead atoms. The second-order valence-electron chi connectivity index (χ2n) is 5.71. The van der Waals surface area contributed by atoms with Gasteiger partial charge in [-0.3, -0.25) is 9.78 Å². The van der Waals surface area contributed by atoms with Gasteiger partial charge < -0.3 is 15.6 Å². The molecule has 1 aliphatic rings. The van der Waals surface area contributed by atoms with Gasteiger partial charge >= 0.3 is 0 Å². The van der Waals surface area contributed by atoms with E-state index in [4.69, 9.17) is 0 Å². The van der Waals surface area contributed by atoms with Crippen LogP contribution in [0.1, 0.15) is 17.3 Å². The molecule has 3 aromatic rings. The molecule has 25 heavy (non-hydrogen) atoms. The fourth-order valence-electron chi connectivity index (χ4n) is 2.67. The van der Waals surface area contributed by atoms with Crippen LogP contribution in [0.4, 0.5) is 0 Å². The summed E-state index contributed by atoms with van der Waals surface area (Å²) in [5.41, 5.74) is 4.33. The van der Waals surface area contributed by atoms with Crippen LogP contribution in [-0.4, -0.2) is 32.4 Å². The van der Waals surface area contributed by atoms with Gasteiger partial charge in [-0.1, -0.05) is 0 Å². The maximum absolute atomic E-state index is 12.7. The molecule has 3 aromatic heterocycles. The van der Waals surface area contributed by atoms with Crippen molar-refractivity contribution in [2.24, 2.45) is 0 Å². The van der Waals surface area contributed by atoms with Crippen molar-refractivity contribution in [1.29, 1.82) is 0 Å². The number of hydrogen-bond acceptors (Lipinski definition) is 5. The second kappa shape index (κ2) is 6.20.